The average molecular weight is 412 g/mol. The first-order valence-corrected chi connectivity index (χ1v) is 9.12. The Labute approximate surface area is 172 Å². The molecule has 1 aromatic heterocycles. The van der Waals surface area contributed by atoms with Crippen molar-refractivity contribution in [2.24, 2.45) is 0 Å². The minimum absolute atomic E-state index is 0.107. The first-order chi connectivity index (χ1) is 14.1. The fraction of sp³-hybridized carbons (Fsp3) is 0.238. The van der Waals surface area contributed by atoms with Gasteiger partial charge in [0.2, 0.25) is 0 Å². The van der Waals surface area contributed by atoms with Gasteiger partial charge in [-0.2, -0.15) is 4.98 Å². The second-order valence-corrected chi connectivity index (χ2v) is 7.50. The minimum atomic E-state index is -0.795. The second-order valence-electron chi connectivity index (χ2n) is 7.50. The van der Waals surface area contributed by atoms with Crippen LogP contribution in [0.2, 0.25) is 0 Å². The van der Waals surface area contributed by atoms with Gasteiger partial charge in [-0.3, -0.25) is 10.1 Å². The van der Waals surface area contributed by atoms with E-state index in [1.54, 1.807) is 52.0 Å². The lowest BCUT2D eigenvalue weighted by atomic mass is 10.1. The largest absolute Gasteiger partial charge is 0.444 e. The molecular weight excluding hydrogens is 391 g/mol. The van der Waals surface area contributed by atoms with E-state index < -0.39 is 23.4 Å². The predicted octanol–water partition coefficient (Wildman–Crippen LogP) is 4.78. The van der Waals surface area contributed by atoms with Gasteiger partial charge in [0.25, 0.3) is 11.8 Å². The maximum Gasteiger partial charge on any atom is 0.412 e. The van der Waals surface area contributed by atoms with Crippen LogP contribution in [-0.2, 0) is 4.74 Å². The number of aryl methyl sites for hydroxylation is 1. The van der Waals surface area contributed by atoms with Gasteiger partial charge in [-0.25, -0.2) is 9.18 Å². The van der Waals surface area contributed by atoms with Gasteiger partial charge in [-0.05, 0) is 70.2 Å². The summed E-state index contributed by atoms with van der Waals surface area (Å²) in [4.78, 5) is 28.5. The van der Waals surface area contributed by atoms with Crippen molar-refractivity contribution in [3.8, 4) is 11.5 Å². The summed E-state index contributed by atoms with van der Waals surface area (Å²) in [6.45, 7) is 6.81. The molecule has 0 fully saturated rings. The Bertz CT molecular complexity index is 1070. The van der Waals surface area contributed by atoms with Crippen LogP contribution in [0.25, 0.3) is 11.5 Å². The number of nitrogens with one attached hydrogen (secondary N) is 2. The van der Waals surface area contributed by atoms with E-state index in [4.69, 9.17) is 9.26 Å². The van der Waals surface area contributed by atoms with E-state index in [-0.39, 0.29) is 5.69 Å². The summed E-state index contributed by atoms with van der Waals surface area (Å²) in [5.41, 5.74) is 0.533. The highest BCUT2D eigenvalue weighted by molar-refractivity contribution is 6.04. The number of aromatic nitrogens is 2. The maximum atomic E-state index is 14.0. The highest BCUT2D eigenvalue weighted by atomic mass is 19.1. The fourth-order valence-electron chi connectivity index (χ4n) is 2.49. The first-order valence-electron chi connectivity index (χ1n) is 9.12. The van der Waals surface area contributed by atoms with Crippen molar-refractivity contribution in [3.63, 3.8) is 0 Å². The number of carbonyl (C=O) groups excluding carboxylic acids is 2. The summed E-state index contributed by atoms with van der Waals surface area (Å²) in [6.07, 6.45) is -0.795. The normalized spacial score (nSPS) is 11.1. The molecule has 0 aliphatic carbocycles. The lowest BCUT2D eigenvalue weighted by Crippen LogP contribution is -2.27. The van der Waals surface area contributed by atoms with Gasteiger partial charge in [-0.1, -0.05) is 5.16 Å². The number of benzene rings is 2. The Morgan fingerprint density at radius 2 is 1.77 bits per heavy atom. The van der Waals surface area contributed by atoms with Crippen LogP contribution in [-0.4, -0.2) is 27.7 Å². The Kier molecular flexibility index (Phi) is 5.81. The topological polar surface area (TPSA) is 106 Å². The molecule has 2 aromatic carbocycles. The number of ether oxygens (including phenoxy) is 1. The van der Waals surface area contributed by atoms with Crippen LogP contribution in [0.5, 0.6) is 0 Å². The molecule has 156 valence electrons. The van der Waals surface area contributed by atoms with E-state index in [1.807, 2.05) is 0 Å². The number of hydrogen-bond acceptors (Lipinski definition) is 6. The summed E-state index contributed by atoms with van der Waals surface area (Å²) in [6, 6.07) is 10.4. The molecule has 0 radical (unpaired) electrons. The summed E-state index contributed by atoms with van der Waals surface area (Å²) in [5.74, 6) is -0.189. The van der Waals surface area contributed by atoms with Crippen molar-refractivity contribution in [3.05, 3.63) is 59.7 Å². The standard InChI is InChI=1S/C21H21FN4O4/c1-12-23-19(30-26-12)14-7-5-13(6-8-14)18(27)24-15-9-10-16(22)17(11-15)25-20(28)29-21(2,3)4/h5-11H,1-4H3,(H,24,27)(H,25,28). The first kappa shape index (κ1) is 21.0. The molecule has 3 aromatic rings. The van der Waals surface area contributed by atoms with Gasteiger partial charge in [0.1, 0.15) is 11.4 Å². The van der Waals surface area contributed by atoms with E-state index in [2.05, 4.69) is 20.8 Å². The number of halogens is 1. The van der Waals surface area contributed by atoms with Gasteiger partial charge in [0.15, 0.2) is 5.82 Å². The van der Waals surface area contributed by atoms with E-state index in [9.17, 15) is 14.0 Å². The molecule has 0 saturated carbocycles. The molecule has 0 atom stereocenters. The average Bonchev–Trinajstić information content (AvgIpc) is 3.09. The molecule has 0 aliphatic rings. The molecule has 0 bridgehead atoms. The smallest absolute Gasteiger partial charge is 0.412 e. The van der Waals surface area contributed by atoms with Crippen molar-refractivity contribution in [2.75, 3.05) is 10.6 Å². The third kappa shape index (κ3) is 5.40. The molecule has 1 heterocycles. The van der Waals surface area contributed by atoms with Crippen LogP contribution in [0.15, 0.2) is 47.0 Å². The van der Waals surface area contributed by atoms with E-state index in [0.29, 0.717) is 28.5 Å². The van der Waals surface area contributed by atoms with Crippen LogP contribution < -0.4 is 10.6 Å². The van der Waals surface area contributed by atoms with Gasteiger partial charge >= 0.3 is 6.09 Å². The van der Waals surface area contributed by atoms with Crippen LogP contribution in [0.1, 0.15) is 37.0 Å². The zero-order valence-corrected chi connectivity index (χ0v) is 16.9. The summed E-state index contributed by atoms with van der Waals surface area (Å²) in [7, 11) is 0. The Hall–Kier alpha value is -3.75. The molecule has 0 spiro atoms. The van der Waals surface area contributed by atoms with Crippen molar-refractivity contribution in [1.29, 1.82) is 0 Å². The zero-order valence-electron chi connectivity index (χ0n) is 16.9. The zero-order chi connectivity index (χ0) is 21.9. The van der Waals surface area contributed by atoms with Gasteiger partial charge in [-0.15, -0.1) is 0 Å². The summed E-state index contributed by atoms with van der Waals surface area (Å²) >= 11 is 0. The Balaban J connectivity index is 1.70. The monoisotopic (exact) mass is 412 g/mol. The lowest BCUT2D eigenvalue weighted by Gasteiger charge is -2.20. The summed E-state index contributed by atoms with van der Waals surface area (Å²) < 4.78 is 24.2. The minimum Gasteiger partial charge on any atom is -0.444 e. The van der Waals surface area contributed by atoms with Crippen LogP contribution in [0.3, 0.4) is 0 Å². The third-order valence-electron chi connectivity index (χ3n) is 3.78. The molecule has 3 rings (SSSR count). The highest BCUT2D eigenvalue weighted by Gasteiger charge is 2.18. The SMILES string of the molecule is Cc1noc(-c2ccc(C(=O)Nc3ccc(F)c(NC(=O)OC(C)(C)C)c3)cc2)n1. The fourth-order valence-corrected chi connectivity index (χ4v) is 2.49. The number of rotatable bonds is 4. The Morgan fingerprint density at radius 1 is 1.07 bits per heavy atom. The van der Waals surface area contributed by atoms with Crippen molar-refractivity contribution < 1.29 is 23.2 Å². The van der Waals surface area contributed by atoms with E-state index in [1.165, 1.54) is 12.1 Å². The van der Waals surface area contributed by atoms with Crippen LogP contribution in [0.4, 0.5) is 20.6 Å². The number of nitrogens with zero attached hydrogens (tertiary/aromatic N) is 2. The summed E-state index contributed by atoms with van der Waals surface area (Å²) in [5, 5.41) is 8.73. The van der Waals surface area contributed by atoms with Gasteiger partial charge < -0.3 is 14.6 Å². The maximum absolute atomic E-state index is 14.0. The molecule has 30 heavy (non-hydrogen) atoms. The molecule has 2 amide bonds. The molecule has 9 heteroatoms. The lowest BCUT2D eigenvalue weighted by molar-refractivity contribution is 0.0635. The molecule has 2 N–H and O–H groups in total. The molecule has 0 unspecified atom stereocenters. The molecule has 0 saturated heterocycles. The van der Waals surface area contributed by atoms with Gasteiger partial charge in [0.05, 0.1) is 5.69 Å². The number of anilines is 2. The van der Waals surface area contributed by atoms with Crippen LogP contribution >= 0.6 is 0 Å². The number of carbonyl (C=O) groups is 2. The van der Waals surface area contributed by atoms with Crippen molar-refractivity contribution in [2.45, 2.75) is 33.3 Å². The predicted molar refractivity (Wildman–Crippen MR) is 109 cm³/mol. The quantitative estimate of drug-likeness (QED) is 0.638. The molecule has 8 nitrogen and oxygen atoms in total. The second kappa shape index (κ2) is 8.32. The van der Waals surface area contributed by atoms with E-state index >= 15 is 0 Å². The third-order valence-corrected chi connectivity index (χ3v) is 3.78. The molecule has 0 aliphatic heterocycles. The Morgan fingerprint density at radius 3 is 2.37 bits per heavy atom. The highest BCUT2D eigenvalue weighted by Crippen LogP contribution is 2.22. The van der Waals surface area contributed by atoms with E-state index in [0.717, 1.165) is 6.07 Å². The molecular formula is C21H21FN4O4. The van der Waals surface area contributed by atoms with Gasteiger partial charge in [0, 0.05) is 16.8 Å². The van der Waals surface area contributed by atoms with Crippen molar-refractivity contribution >= 4 is 23.4 Å². The van der Waals surface area contributed by atoms with Crippen LogP contribution in [0, 0.1) is 12.7 Å². The number of amides is 2. The number of hydrogen-bond donors (Lipinski definition) is 2. The van der Waals surface area contributed by atoms with Crippen molar-refractivity contribution in [1.82, 2.24) is 10.1 Å².